The highest BCUT2D eigenvalue weighted by molar-refractivity contribution is 5.59. The van der Waals surface area contributed by atoms with Crippen molar-refractivity contribution in [2.75, 3.05) is 5.73 Å². The standard InChI is InChI=1S/C13H16FN5/c1-13(2)6-9(13)7-19-12(16-17-18-19)8-3-4-11(15)10(14)5-8/h3-5,9H,6-7,15H2,1-2H3. The van der Waals surface area contributed by atoms with E-state index in [1.165, 1.54) is 18.6 Å². The Labute approximate surface area is 110 Å². The van der Waals surface area contributed by atoms with Crippen LogP contribution < -0.4 is 5.73 Å². The lowest BCUT2D eigenvalue weighted by Crippen LogP contribution is -2.07. The number of benzene rings is 1. The highest BCUT2D eigenvalue weighted by atomic mass is 19.1. The summed E-state index contributed by atoms with van der Waals surface area (Å²) in [5, 5.41) is 11.7. The third kappa shape index (κ3) is 2.18. The van der Waals surface area contributed by atoms with Gasteiger partial charge in [-0.15, -0.1) is 5.10 Å². The molecule has 1 aliphatic rings. The molecule has 1 saturated carbocycles. The van der Waals surface area contributed by atoms with Crippen molar-refractivity contribution in [2.45, 2.75) is 26.8 Å². The van der Waals surface area contributed by atoms with Crippen LogP contribution in [0.25, 0.3) is 11.4 Å². The lowest BCUT2D eigenvalue weighted by molar-refractivity contribution is 0.467. The summed E-state index contributed by atoms with van der Waals surface area (Å²) in [6.45, 7) is 5.22. The maximum absolute atomic E-state index is 13.5. The number of rotatable bonds is 3. The summed E-state index contributed by atoms with van der Waals surface area (Å²) >= 11 is 0. The van der Waals surface area contributed by atoms with E-state index in [1.54, 1.807) is 10.7 Å². The van der Waals surface area contributed by atoms with E-state index in [0.29, 0.717) is 22.7 Å². The van der Waals surface area contributed by atoms with E-state index >= 15 is 0 Å². The van der Waals surface area contributed by atoms with Crippen molar-refractivity contribution in [3.05, 3.63) is 24.0 Å². The van der Waals surface area contributed by atoms with Crippen molar-refractivity contribution < 1.29 is 4.39 Å². The van der Waals surface area contributed by atoms with Crippen LogP contribution in [0.4, 0.5) is 10.1 Å². The Morgan fingerprint density at radius 3 is 2.84 bits per heavy atom. The fourth-order valence-corrected chi connectivity index (χ4v) is 2.30. The first-order valence-corrected chi connectivity index (χ1v) is 6.29. The third-order valence-corrected chi connectivity index (χ3v) is 3.90. The zero-order chi connectivity index (χ0) is 13.6. The molecule has 1 heterocycles. The Morgan fingerprint density at radius 1 is 1.47 bits per heavy atom. The third-order valence-electron chi connectivity index (χ3n) is 3.90. The molecule has 1 aliphatic carbocycles. The number of nitrogens with zero attached hydrogens (tertiary/aromatic N) is 4. The van der Waals surface area contributed by atoms with E-state index in [9.17, 15) is 4.39 Å². The lowest BCUT2D eigenvalue weighted by atomic mass is 10.1. The van der Waals surface area contributed by atoms with Crippen molar-refractivity contribution in [1.29, 1.82) is 0 Å². The second-order valence-electron chi connectivity index (χ2n) is 5.81. The van der Waals surface area contributed by atoms with E-state index < -0.39 is 5.82 Å². The van der Waals surface area contributed by atoms with Crippen LogP contribution in [0.1, 0.15) is 20.3 Å². The molecule has 1 fully saturated rings. The van der Waals surface area contributed by atoms with Crippen molar-refractivity contribution in [2.24, 2.45) is 11.3 Å². The molecular weight excluding hydrogens is 245 g/mol. The van der Waals surface area contributed by atoms with E-state index in [0.717, 1.165) is 6.54 Å². The van der Waals surface area contributed by atoms with Gasteiger partial charge in [-0.3, -0.25) is 0 Å². The molecule has 1 aromatic carbocycles. The summed E-state index contributed by atoms with van der Waals surface area (Å²) < 4.78 is 15.2. The van der Waals surface area contributed by atoms with Crippen molar-refractivity contribution in [1.82, 2.24) is 20.2 Å². The summed E-state index contributed by atoms with van der Waals surface area (Å²) in [7, 11) is 0. The molecule has 6 heteroatoms. The molecule has 0 radical (unpaired) electrons. The minimum absolute atomic E-state index is 0.131. The van der Waals surface area contributed by atoms with Crippen molar-refractivity contribution >= 4 is 5.69 Å². The monoisotopic (exact) mass is 261 g/mol. The van der Waals surface area contributed by atoms with Crippen LogP contribution >= 0.6 is 0 Å². The van der Waals surface area contributed by atoms with E-state index in [-0.39, 0.29) is 5.69 Å². The molecule has 19 heavy (non-hydrogen) atoms. The molecule has 2 aromatic rings. The number of tetrazole rings is 1. The second-order valence-corrected chi connectivity index (χ2v) is 5.81. The SMILES string of the molecule is CC1(C)CC1Cn1nnnc1-c1ccc(N)c(F)c1. The zero-order valence-corrected chi connectivity index (χ0v) is 11.0. The van der Waals surface area contributed by atoms with Gasteiger partial charge in [0.05, 0.1) is 5.69 Å². The maximum atomic E-state index is 13.5. The van der Waals surface area contributed by atoms with Crippen LogP contribution in [-0.4, -0.2) is 20.2 Å². The molecular formula is C13H16FN5. The molecule has 2 N–H and O–H groups in total. The maximum Gasteiger partial charge on any atom is 0.182 e. The summed E-state index contributed by atoms with van der Waals surface area (Å²) in [5.41, 5.74) is 6.61. The number of hydrogen-bond donors (Lipinski definition) is 1. The Morgan fingerprint density at radius 2 is 2.21 bits per heavy atom. The Hall–Kier alpha value is -1.98. The molecule has 0 amide bonds. The fraction of sp³-hybridized carbons (Fsp3) is 0.462. The number of aromatic nitrogens is 4. The van der Waals surface area contributed by atoms with Crippen LogP contribution in [0, 0.1) is 17.2 Å². The Bertz CT molecular complexity index is 619. The molecule has 1 atom stereocenters. The Balaban J connectivity index is 1.89. The number of halogens is 1. The van der Waals surface area contributed by atoms with Gasteiger partial charge in [-0.05, 0) is 46.4 Å². The van der Waals surface area contributed by atoms with Gasteiger partial charge >= 0.3 is 0 Å². The molecule has 1 unspecified atom stereocenters. The van der Waals surface area contributed by atoms with Crippen LogP contribution in [0.5, 0.6) is 0 Å². The first kappa shape index (κ1) is 12.1. The number of hydrogen-bond acceptors (Lipinski definition) is 4. The predicted molar refractivity (Wildman–Crippen MR) is 69.5 cm³/mol. The molecule has 100 valence electrons. The van der Waals surface area contributed by atoms with Gasteiger partial charge < -0.3 is 5.73 Å². The second kappa shape index (κ2) is 4.01. The summed E-state index contributed by atoms with van der Waals surface area (Å²) in [6.07, 6.45) is 1.17. The van der Waals surface area contributed by atoms with Gasteiger partial charge in [0, 0.05) is 12.1 Å². The molecule has 0 aliphatic heterocycles. The summed E-state index contributed by atoms with van der Waals surface area (Å²) in [6, 6.07) is 4.64. The average Bonchev–Trinajstić information content (AvgIpc) is 2.75. The zero-order valence-electron chi connectivity index (χ0n) is 11.0. The van der Waals surface area contributed by atoms with Crippen LogP contribution in [0.2, 0.25) is 0 Å². The summed E-state index contributed by atoms with van der Waals surface area (Å²) in [4.78, 5) is 0. The van der Waals surface area contributed by atoms with E-state index in [2.05, 4.69) is 29.4 Å². The minimum atomic E-state index is -0.446. The molecule has 5 nitrogen and oxygen atoms in total. The quantitative estimate of drug-likeness (QED) is 0.859. The molecule has 0 spiro atoms. The number of nitrogen functional groups attached to an aromatic ring is 1. The first-order chi connectivity index (χ1) is 8.97. The largest absolute Gasteiger partial charge is 0.396 e. The summed E-state index contributed by atoms with van der Waals surface area (Å²) in [5.74, 6) is 0.716. The van der Waals surface area contributed by atoms with E-state index in [4.69, 9.17) is 5.73 Å². The topological polar surface area (TPSA) is 69.6 Å². The predicted octanol–water partition coefficient (Wildman–Crippen LogP) is 2.11. The van der Waals surface area contributed by atoms with Gasteiger partial charge in [-0.25, -0.2) is 9.07 Å². The van der Waals surface area contributed by atoms with Gasteiger partial charge in [0.25, 0.3) is 0 Å². The van der Waals surface area contributed by atoms with Crippen molar-refractivity contribution in [3.8, 4) is 11.4 Å². The molecule has 0 saturated heterocycles. The highest BCUT2D eigenvalue weighted by Gasteiger charge is 2.46. The van der Waals surface area contributed by atoms with Gasteiger partial charge in [-0.2, -0.15) is 0 Å². The normalized spacial score (nSPS) is 20.5. The molecule has 0 bridgehead atoms. The van der Waals surface area contributed by atoms with Crippen LogP contribution in [0.3, 0.4) is 0 Å². The Kier molecular flexibility index (Phi) is 2.55. The van der Waals surface area contributed by atoms with Gasteiger partial charge in [0.15, 0.2) is 5.82 Å². The van der Waals surface area contributed by atoms with Crippen LogP contribution in [0.15, 0.2) is 18.2 Å². The first-order valence-electron chi connectivity index (χ1n) is 6.29. The van der Waals surface area contributed by atoms with Gasteiger partial charge in [0.2, 0.25) is 0 Å². The minimum Gasteiger partial charge on any atom is -0.396 e. The lowest BCUT2D eigenvalue weighted by Gasteiger charge is -2.06. The number of nitrogens with two attached hydrogens (primary N) is 1. The average molecular weight is 261 g/mol. The fourth-order valence-electron chi connectivity index (χ4n) is 2.30. The van der Waals surface area contributed by atoms with Gasteiger partial charge in [0.1, 0.15) is 5.82 Å². The van der Waals surface area contributed by atoms with Crippen LogP contribution in [-0.2, 0) is 6.54 Å². The van der Waals surface area contributed by atoms with E-state index in [1.807, 2.05) is 0 Å². The van der Waals surface area contributed by atoms with Crippen molar-refractivity contribution in [3.63, 3.8) is 0 Å². The molecule has 1 aromatic heterocycles. The highest BCUT2D eigenvalue weighted by Crippen LogP contribution is 2.52. The van der Waals surface area contributed by atoms with Gasteiger partial charge in [-0.1, -0.05) is 13.8 Å². The molecule has 3 rings (SSSR count). The number of anilines is 1. The smallest absolute Gasteiger partial charge is 0.182 e.